The van der Waals surface area contributed by atoms with Gasteiger partial charge in [-0.05, 0) is 160 Å². The van der Waals surface area contributed by atoms with E-state index in [2.05, 4.69) is 53.5 Å². The van der Waals surface area contributed by atoms with Gasteiger partial charge in [0.05, 0.1) is 13.2 Å². The smallest absolute Gasteiger partial charge is 0.223 e. The molecule has 2 aliphatic heterocycles. The molecule has 0 radical (unpaired) electrons. The van der Waals surface area contributed by atoms with E-state index in [4.69, 9.17) is 9.47 Å². The maximum absolute atomic E-state index is 12.1. The van der Waals surface area contributed by atoms with E-state index in [1.165, 1.54) is 17.5 Å². The van der Waals surface area contributed by atoms with Gasteiger partial charge in [0, 0.05) is 81.5 Å². The molecule has 4 aromatic rings. The highest BCUT2D eigenvalue weighted by Crippen LogP contribution is 2.37. The van der Waals surface area contributed by atoms with Crippen LogP contribution in [0.15, 0.2) is 84.9 Å². The number of nitrogens with zero attached hydrogens (tertiary/aromatic N) is 3. The van der Waals surface area contributed by atoms with E-state index in [1.54, 1.807) is 30.7 Å². The maximum Gasteiger partial charge on any atom is 0.223 e. The van der Waals surface area contributed by atoms with E-state index in [-0.39, 0.29) is 23.4 Å². The summed E-state index contributed by atoms with van der Waals surface area (Å²) < 4.78 is 12.5. The lowest BCUT2D eigenvalue weighted by Gasteiger charge is -2.26. The van der Waals surface area contributed by atoms with Crippen molar-refractivity contribution in [1.82, 2.24) is 10.2 Å². The second-order valence-corrected chi connectivity index (χ2v) is 18.5. The second-order valence-electron chi connectivity index (χ2n) is 18.5. The number of hydrogen-bond donors (Lipinski definition) is 1. The van der Waals surface area contributed by atoms with Gasteiger partial charge in [-0.3, -0.25) is 19.2 Å². The summed E-state index contributed by atoms with van der Waals surface area (Å²) in [6, 6.07) is 28.7. The topological polar surface area (TPSA) is 126 Å². The van der Waals surface area contributed by atoms with Crippen LogP contribution in [0.5, 0.6) is 11.5 Å². The molecule has 2 saturated heterocycles. The SMILES string of the molecule is CC(=O)N(C)c1ccc([C@@H]2CCNCC[C@H]2COc2ccc3c(c2)C(=O)CC3)cc1.CCC=O.CCCN1CC[C@@H](COc2ccc3c(c2)C(=O)CC3)[C@H](c2ccc(N(C)C(C)=O)cc2)CC1. The molecule has 4 aliphatic rings. The molecule has 4 atom stereocenters. The van der Waals surface area contributed by atoms with E-state index in [1.807, 2.05) is 62.5 Å². The highest BCUT2D eigenvalue weighted by Gasteiger charge is 2.30. The van der Waals surface area contributed by atoms with Crippen LogP contribution >= 0.6 is 0 Å². The normalized spacial score (nSPS) is 20.1. The number of carbonyl (C=O) groups excluding carboxylic acids is 5. The van der Waals surface area contributed by atoms with Crippen LogP contribution in [0, 0.1) is 11.8 Å². The average Bonchev–Trinajstić information content (AvgIpc) is 3.71. The van der Waals surface area contributed by atoms with Crippen molar-refractivity contribution in [3.05, 3.63) is 118 Å². The molecule has 4 aromatic carbocycles. The number of aldehydes is 1. The van der Waals surface area contributed by atoms with E-state index in [9.17, 15) is 24.0 Å². The maximum atomic E-state index is 12.1. The number of Topliss-reactive ketones (excluding diaryl/α,β-unsaturated/α-hetero) is 2. The first-order valence-electron chi connectivity index (χ1n) is 24.5. The Hall–Kier alpha value is -5.65. The molecule has 1 N–H and O–H groups in total. The van der Waals surface area contributed by atoms with Crippen LogP contribution in [-0.2, 0) is 27.2 Å². The van der Waals surface area contributed by atoms with E-state index in [0.717, 1.165) is 123 Å². The number of nitrogens with one attached hydrogen (secondary N) is 1. The zero-order valence-electron chi connectivity index (χ0n) is 40.7. The standard InChI is InChI=1S/C28H36N2O3.C25H30N2O3.C3H6O/c1-4-15-30-16-13-23(19-33-25-11-7-22-8-12-28(32)27(22)18-25)26(14-17-30)21-5-9-24(10-6-21)29(3)20(2)31;1-17(28)27(2)21-7-3-18(4-8-21)23-12-14-26-13-11-20(23)16-30-22-9-5-19-6-10-25(29)24(19)15-22;1-2-3-4/h5-7,9-11,18,23,26H,4,8,12-17,19H2,1-3H3;3-5,7-9,15,20,23,26H,6,10-14,16H2,1-2H3;3H,2H2,1H3/t23-,26-;20-,23-;/m00./s1. The van der Waals surface area contributed by atoms with Gasteiger partial charge < -0.3 is 34.3 Å². The summed E-state index contributed by atoms with van der Waals surface area (Å²) in [4.78, 5) is 62.6. The van der Waals surface area contributed by atoms with Crippen molar-refractivity contribution < 1.29 is 33.4 Å². The lowest BCUT2D eigenvalue weighted by atomic mass is 9.83. The van der Waals surface area contributed by atoms with Gasteiger partial charge in [-0.15, -0.1) is 0 Å². The fourth-order valence-corrected chi connectivity index (χ4v) is 9.81. The summed E-state index contributed by atoms with van der Waals surface area (Å²) in [5, 5.41) is 3.51. The molecule has 0 unspecified atom stereocenters. The lowest BCUT2D eigenvalue weighted by molar-refractivity contribution is -0.117. The first-order valence-corrected chi connectivity index (χ1v) is 24.5. The predicted octanol–water partition coefficient (Wildman–Crippen LogP) is 9.64. The van der Waals surface area contributed by atoms with Crippen LogP contribution in [0.1, 0.15) is 134 Å². The fraction of sp³-hybridized carbons (Fsp3) is 0.482. The minimum absolute atomic E-state index is 0.0283. The van der Waals surface area contributed by atoms with Crippen LogP contribution in [0.2, 0.25) is 0 Å². The predicted molar refractivity (Wildman–Crippen MR) is 267 cm³/mol. The molecule has 0 bridgehead atoms. The Bertz CT molecular complexity index is 2290. The van der Waals surface area contributed by atoms with Gasteiger partial charge in [-0.1, -0.05) is 50.2 Å². The van der Waals surface area contributed by atoms with Crippen molar-refractivity contribution in [1.29, 1.82) is 0 Å². The van der Waals surface area contributed by atoms with Gasteiger partial charge in [0.1, 0.15) is 17.8 Å². The van der Waals surface area contributed by atoms with Gasteiger partial charge in [0.15, 0.2) is 11.6 Å². The van der Waals surface area contributed by atoms with E-state index < -0.39 is 0 Å². The van der Waals surface area contributed by atoms with Gasteiger partial charge in [0.2, 0.25) is 11.8 Å². The van der Waals surface area contributed by atoms with Crippen LogP contribution in [0.4, 0.5) is 11.4 Å². The molecule has 11 heteroatoms. The molecule has 358 valence electrons. The number of aryl methyl sites for hydroxylation is 2. The number of likely N-dealkylation sites (tertiary alicyclic amines) is 1. The number of fused-ring (bicyclic) bond motifs is 2. The van der Waals surface area contributed by atoms with Crippen molar-refractivity contribution >= 4 is 41.0 Å². The third-order valence-corrected chi connectivity index (χ3v) is 14.0. The Labute approximate surface area is 398 Å². The molecule has 2 fully saturated rings. The quantitative estimate of drug-likeness (QED) is 0.131. The number of rotatable bonds is 13. The molecule has 0 spiro atoms. The van der Waals surface area contributed by atoms with Crippen LogP contribution in [0.3, 0.4) is 0 Å². The van der Waals surface area contributed by atoms with Gasteiger partial charge in [-0.2, -0.15) is 0 Å². The first kappa shape index (κ1) is 50.8. The summed E-state index contributed by atoms with van der Waals surface area (Å²) in [5.41, 5.74) is 8.38. The van der Waals surface area contributed by atoms with E-state index in [0.29, 0.717) is 56.1 Å². The number of benzene rings is 4. The Kier molecular flexibility index (Phi) is 18.9. The van der Waals surface area contributed by atoms with Crippen LogP contribution < -0.4 is 24.6 Å². The molecule has 11 nitrogen and oxygen atoms in total. The molecular formula is C56H72N4O7. The third-order valence-electron chi connectivity index (χ3n) is 14.0. The molecule has 8 rings (SSSR count). The van der Waals surface area contributed by atoms with Crippen molar-refractivity contribution in [2.24, 2.45) is 11.8 Å². The monoisotopic (exact) mass is 913 g/mol. The highest BCUT2D eigenvalue weighted by molar-refractivity contribution is 6.01. The van der Waals surface area contributed by atoms with Crippen molar-refractivity contribution in [2.45, 2.75) is 104 Å². The average molecular weight is 913 g/mol. The molecule has 0 saturated carbocycles. The number of ether oxygens (including phenoxy) is 2. The number of carbonyl (C=O) groups is 5. The van der Waals surface area contributed by atoms with Gasteiger partial charge in [0.25, 0.3) is 0 Å². The third kappa shape index (κ3) is 13.7. The lowest BCUT2D eigenvalue weighted by Crippen LogP contribution is -2.25. The van der Waals surface area contributed by atoms with Crippen LogP contribution in [-0.4, -0.2) is 94.6 Å². The van der Waals surface area contributed by atoms with E-state index >= 15 is 0 Å². The van der Waals surface area contributed by atoms with Crippen molar-refractivity contribution in [2.75, 3.05) is 69.8 Å². The summed E-state index contributed by atoms with van der Waals surface area (Å²) in [6.07, 6.45) is 9.89. The van der Waals surface area contributed by atoms with Gasteiger partial charge >= 0.3 is 0 Å². The highest BCUT2D eigenvalue weighted by atomic mass is 16.5. The Morgan fingerprint density at radius 1 is 0.642 bits per heavy atom. The number of hydrogen-bond acceptors (Lipinski definition) is 9. The van der Waals surface area contributed by atoms with Crippen LogP contribution in [0.25, 0.3) is 0 Å². The fourth-order valence-electron chi connectivity index (χ4n) is 9.81. The number of anilines is 2. The summed E-state index contributed by atoms with van der Waals surface area (Å²) >= 11 is 0. The second kappa shape index (κ2) is 24.9. The zero-order chi connectivity index (χ0) is 47.9. The summed E-state index contributed by atoms with van der Waals surface area (Å²) in [6.45, 7) is 13.8. The number of amides is 2. The minimum Gasteiger partial charge on any atom is -0.493 e. The summed E-state index contributed by atoms with van der Waals surface area (Å²) in [5.74, 6) is 3.69. The minimum atomic E-state index is 0.0283. The van der Waals surface area contributed by atoms with Crippen molar-refractivity contribution in [3.63, 3.8) is 0 Å². The number of ketones is 2. The largest absolute Gasteiger partial charge is 0.493 e. The Morgan fingerprint density at radius 3 is 1.55 bits per heavy atom. The molecule has 67 heavy (non-hydrogen) atoms. The Balaban J connectivity index is 0.000000206. The molecule has 2 amide bonds. The summed E-state index contributed by atoms with van der Waals surface area (Å²) in [7, 11) is 3.61. The van der Waals surface area contributed by atoms with Crippen molar-refractivity contribution in [3.8, 4) is 11.5 Å². The molecule has 2 heterocycles. The molecular weight excluding hydrogens is 841 g/mol. The Morgan fingerprint density at radius 2 is 1.09 bits per heavy atom. The zero-order valence-corrected chi connectivity index (χ0v) is 40.7. The molecule has 2 aliphatic carbocycles. The molecule has 0 aromatic heterocycles. The van der Waals surface area contributed by atoms with Gasteiger partial charge in [-0.25, -0.2) is 0 Å². The first-order chi connectivity index (χ1) is 32.4.